The number of unbranched alkanes of at least 4 members (excludes halogenated alkanes) is 4. The molecule has 176 valence electrons. The molecule has 0 spiro atoms. The van der Waals surface area contributed by atoms with E-state index in [1.54, 1.807) is 12.1 Å². The predicted molar refractivity (Wildman–Crippen MR) is 121 cm³/mol. The van der Waals surface area contributed by atoms with Gasteiger partial charge in [-0.1, -0.05) is 39.5 Å². The van der Waals surface area contributed by atoms with Gasteiger partial charge < -0.3 is 24.3 Å². The van der Waals surface area contributed by atoms with Gasteiger partial charge in [0.1, 0.15) is 13.2 Å². The quantitative estimate of drug-likeness (QED) is 0.250. The summed E-state index contributed by atoms with van der Waals surface area (Å²) in [6, 6.07) is 7.26. The van der Waals surface area contributed by atoms with Crippen molar-refractivity contribution in [2.24, 2.45) is 0 Å². The monoisotopic (exact) mass is 437 g/mol. The zero-order chi connectivity index (χ0) is 22.6. The summed E-state index contributed by atoms with van der Waals surface area (Å²) < 4.78 is 21.0. The van der Waals surface area contributed by atoms with Gasteiger partial charge in [-0.2, -0.15) is 0 Å². The van der Waals surface area contributed by atoms with Crippen LogP contribution in [0.15, 0.2) is 24.3 Å². The average Bonchev–Trinajstić information content (AvgIpc) is 2.78. The number of ether oxygens (including phenoxy) is 4. The van der Waals surface area contributed by atoms with Gasteiger partial charge in [-0.15, -0.1) is 0 Å². The molecule has 0 aliphatic carbocycles. The molecular formula is C24H39NO6. The van der Waals surface area contributed by atoms with Crippen LogP contribution in [0.25, 0.3) is 0 Å². The third-order valence-electron chi connectivity index (χ3n) is 4.54. The highest BCUT2D eigenvalue weighted by Gasteiger charge is 2.07. The van der Waals surface area contributed by atoms with Crippen LogP contribution in [0.4, 0.5) is 5.69 Å². The Bertz CT molecular complexity index is 590. The van der Waals surface area contributed by atoms with Crippen molar-refractivity contribution in [2.45, 2.75) is 58.8 Å². The lowest BCUT2D eigenvalue weighted by Crippen LogP contribution is -2.15. The number of rotatable bonds is 19. The molecule has 0 aliphatic rings. The molecule has 0 saturated heterocycles. The highest BCUT2D eigenvalue weighted by molar-refractivity contribution is 5.89. The molecule has 0 bridgehead atoms. The van der Waals surface area contributed by atoms with Crippen molar-refractivity contribution in [1.29, 1.82) is 0 Å². The molecular weight excluding hydrogens is 398 g/mol. The van der Waals surface area contributed by atoms with Gasteiger partial charge in [0.25, 0.3) is 0 Å². The van der Waals surface area contributed by atoms with E-state index in [1.165, 1.54) is 0 Å². The summed E-state index contributed by atoms with van der Waals surface area (Å²) in [7, 11) is 0. The van der Waals surface area contributed by atoms with E-state index < -0.39 is 0 Å². The Morgan fingerprint density at radius 1 is 0.742 bits per heavy atom. The lowest BCUT2D eigenvalue weighted by Gasteiger charge is -2.09. The smallest absolute Gasteiger partial charge is 0.338 e. The fraction of sp³-hybridized carbons (Fsp3) is 0.667. The zero-order valence-electron chi connectivity index (χ0n) is 19.2. The van der Waals surface area contributed by atoms with Gasteiger partial charge in [0.15, 0.2) is 0 Å². The minimum absolute atomic E-state index is 0.167. The Labute approximate surface area is 186 Å². The summed E-state index contributed by atoms with van der Waals surface area (Å²) in [5.74, 6) is -0.531. The number of esters is 2. The van der Waals surface area contributed by atoms with Crippen LogP contribution in [-0.4, -0.2) is 58.1 Å². The number of carbonyl (C=O) groups excluding carboxylic acids is 2. The van der Waals surface area contributed by atoms with E-state index in [1.807, 2.05) is 12.1 Å². The third-order valence-corrected chi connectivity index (χ3v) is 4.54. The average molecular weight is 438 g/mol. The Balaban J connectivity index is 1.95. The van der Waals surface area contributed by atoms with Gasteiger partial charge in [-0.3, -0.25) is 4.79 Å². The minimum atomic E-state index is -0.364. The molecule has 0 saturated carbocycles. The molecule has 1 N–H and O–H groups in total. The molecule has 0 aromatic heterocycles. The summed E-state index contributed by atoms with van der Waals surface area (Å²) in [6.45, 7) is 7.09. The van der Waals surface area contributed by atoms with E-state index in [0.29, 0.717) is 38.4 Å². The number of anilines is 1. The van der Waals surface area contributed by atoms with Crippen LogP contribution in [0.3, 0.4) is 0 Å². The second-order valence-corrected chi connectivity index (χ2v) is 7.25. The largest absolute Gasteiger partial charge is 0.463 e. The lowest BCUT2D eigenvalue weighted by molar-refractivity contribution is -0.145. The molecule has 0 amide bonds. The third kappa shape index (κ3) is 14.5. The van der Waals surface area contributed by atoms with Crippen molar-refractivity contribution in [2.75, 3.05) is 51.5 Å². The molecule has 1 aromatic rings. The number of nitrogens with one attached hydrogen (secondary N) is 1. The van der Waals surface area contributed by atoms with Gasteiger partial charge in [0.05, 0.1) is 32.0 Å². The molecule has 1 aromatic carbocycles. The summed E-state index contributed by atoms with van der Waals surface area (Å²) in [6.07, 6.45) is 6.98. The second-order valence-electron chi connectivity index (χ2n) is 7.25. The molecule has 1 rings (SSSR count). The first-order valence-electron chi connectivity index (χ1n) is 11.5. The summed E-state index contributed by atoms with van der Waals surface area (Å²) >= 11 is 0. The SMILES string of the molecule is CCCCCCC(=O)OCCOCCOCCOC(=O)c1ccc(NCCCC)cc1. The van der Waals surface area contributed by atoms with Crippen molar-refractivity contribution >= 4 is 17.6 Å². The van der Waals surface area contributed by atoms with E-state index >= 15 is 0 Å². The van der Waals surface area contributed by atoms with Crippen LogP contribution in [-0.2, 0) is 23.7 Å². The van der Waals surface area contributed by atoms with E-state index in [4.69, 9.17) is 18.9 Å². The molecule has 0 unspecified atom stereocenters. The van der Waals surface area contributed by atoms with E-state index in [0.717, 1.165) is 50.8 Å². The van der Waals surface area contributed by atoms with Crippen LogP contribution in [0, 0.1) is 0 Å². The van der Waals surface area contributed by atoms with Gasteiger partial charge in [-0.25, -0.2) is 4.79 Å². The fourth-order valence-electron chi connectivity index (χ4n) is 2.71. The maximum atomic E-state index is 12.0. The number of benzene rings is 1. The van der Waals surface area contributed by atoms with Gasteiger partial charge >= 0.3 is 11.9 Å². The number of carbonyl (C=O) groups is 2. The maximum Gasteiger partial charge on any atom is 0.338 e. The molecule has 0 fully saturated rings. The molecule has 31 heavy (non-hydrogen) atoms. The van der Waals surface area contributed by atoms with Crippen LogP contribution < -0.4 is 5.32 Å². The predicted octanol–water partition coefficient (Wildman–Crippen LogP) is 4.60. The molecule has 0 heterocycles. The van der Waals surface area contributed by atoms with Gasteiger partial charge in [0.2, 0.25) is 0 Å². The van der Waals surface area contributed by atoms with E-state index in [2.05, 4.69) is 19.2 Å². The van der Waals surface area contributed by atoms with Crippen LogP contribution in [0.2, 0.25) is 0 Å². The van der Waals surface area contributed by atoms with E-state index in [9.17, 15) is 9.59 Å². The van der Waals surface area contributed by atoms with Crippen LogP contribution >= 0.6 is 0 Å². The molecule has 0 radical (unpaired) electrons. The van der Waals surface area contributed by atoms with Crippen LogP contribution in [0.1, 0.15) is 69.2 Å². The molecule has 7 nitrogen and oxygen atoms in total. The van der Waals surface area contributed by atoms with E-state index in [-0.39, 0.29) is 25.2 Å². The Kier molecular flexibility index (Phi) is 16.2. The lowest BCUT2D eigenvalue weighted by atomic mass is 10.2. The molecule has 0 aliphatic heterocycles. The Hall–Kier alpha value is -2.12. The highest BCUT2D eigenvalue weighted by atomic mass is 16.6. The van der Waals surface area contributed by atoms with Gasteiger partial charge in [-0.05, 0) is 37.1 Å². The second kappa shape index (κ2) is 18.6. The molecule has 0 atom stereocenters. The normalized spacial score (nSPS) is 10.6. The zero-order valence-corrected chi connectivity index (χ0v) is 19.2. The van der Waals surface area contributed by atoms with Crippen molar-refractivity contribution in [3.8, 4) is 0 Å². The first-order valence-corrected chi connectivity index (χ1v) is 11.5. The summed E-state index contributed by atoms with van der Waals surface area (Å²) in [5, 5.41) is 3.31. The van der Waals surface area contributed by atoms with Crippen molar-refractivity contribution in [1.82, 2.24) is 0 Å². The van der Waals surface area contributed by atoms with Crippen molar-refractivity contribution in [3.05, 3.63) is 29.8 Å². The molecule has 7 heteroatoms. The maximum absolute atomic E-state index is 12.0. The standard InChI is InChI=1S/C24H39NO6/c1-3-5-7-8-9-23(26)30-19-17-28-15-16-29-18-20-31-24(27)21-10-12-22(13-11-21)25-14-6-4-2/h10-13,25H,3-9,14-20H2,1-2H3. The first-order chi connectivity index (χ1) is 15.2. The fourth-order valence-corrected chi connectivity index (χ4v) is 2.71. The van der Waals surface area contributed by atoms with Crippen molar-refractivity contribution in [3.63, 3.8) is 0 Å². The van der Waals surface area contributed by atoms with Crippen LogP contribution in [0.5, 0.6) is 0 Å². The summed E-state index contributed by atoms with van der Waals surface area (Å²) in [5.41, 5.74) is 1.51. The summed E-state index contributed by atoms with van der Waals surface area (Å²) in [4.78, 5) is 23.5. The number of hydrogen-bond acceptors (Lipinski definition) is 7. The Morgan fingerprint density at radius 3 is 2.00 bits per heavy atom. The van der Waals surface area contributed by atoms with Crippen molar-refractivity contribution < 1.29 is 28.5 Å². The topological polar surface area (TPSA) is 83.1 Å². The minimum Gasteiger partial charge on any atom is -0.463 e. The van der Waals surface area contributed by atoms with Gasteiger partial charge in [0, 0.05) is 18.7 Å². The highest BCUT2D eigenvalue weighted by Crippen LogP contribution is 2.11. The Morgan fingerprint density at radius 2 is 1.35 bits per heavy atom. The number of hydrogen-bond donors (Lipinski definition) is 1. The first kappa shape index (κ1) is 26.9.